The lowest BCUT2D eigenvalue weighted by Crippen LogP contribution is -2.30. The summed E-state index contributed by atoms with van der Waals surface area (Å²) in [5.41, 5.74) is 5.70. The Labute approximate surface area is 198 Å². The van der Waals surface area contributed by atoms with E-state index in [1.165, 1.54) is 4.90 Å². The van der Waals surface area contributed by atoms with Crippen LogP contribution in [0.2, 0.25) is 0 Å². The molecule has 1 amide bonds. The Morgan fingerprint density at radius 1 is 1.12 bits per heavy atom. The average molecular weight is 463 g/mol. The number of aromatic nitrogens is 2. The lowest BCUT2D eigenvalue weighted by atomic mass is 10.1. The monoisotopic (exact) mass is 462 g/mol. The molecule has 3 aromatic rings. The molecule has 1 aromatic heterocycles. The quantitative estimate of drug-likeness (QED) is 0.438. The number of benzene rings is 2. The molecule has 0 aliphatic carbocycles. The van der Waals surface area contributed by atoms with E-state index in [9.17, 15) is 4.79 Å². The highest BCUT2D eigenvalue weighted by atomic mass is 32.1. The minimum atomic E-state index is -0.222. The molecular weight excluding hydrogens is 436 g/mol. The summed E-state index contributed by atoms with van der Waals surface area (Å²) in [6, 6.07) is 11.8. The van der Waals surface area contributed by atoms with Crippen LogP contribution in [0.5, 0.6) is 11.5 Å². The predicted molar refractivity (Wildman–Crippen MR) is 132 cm³/mol. The van der Waals surface area contributed by atoms with Crippen molar-refractivity contribution in [2.45, 2.75) is 27.4 Å². The molecule has 2 heterocycles. The molecule has 33 heavy (non-hydrogen) atoms. The number of amides is 1. The molecule has 1 fully saturated rings. The average Bonchev–Trinajstić information content (AvgIpc) is 3.25. The number of nitrogens with zero attached hydrogens (tertiary/aromatic N) is 3. The molecule has 4 rings (SSSR count). The van der Waals surface area contributed by atoms with Gasteiger partial charge in [0.2, 0.25) is 0 Å². The topological polar surface area (TPSA) is 68.6 Å². The number of ether oxygens (including phenoxy) is 2. The predicted octanol–water partition coefficient (Wildman–Crippen LogP) is 4.20. The molecule has 0 saturated carbocycles. The Morgan fingerprint density at radius 2 is 1.91 bits per heavy atom. The van der Waals surface area contributed by atoms with Gasteiger partial charge in [-0.1, -0.05) is 18.2 Å². The molecule has 1 aliphatic heterocycles. The number of hydrogen-bond donors (Lipinski definition) is 1. The van der Waals surface area contributed by atoms with E-state index >= 15 is 0 Å². The Balaban J connectivity index is 1.59. The minimum absolute atomic E-state index is 0.222. The maximum atomic E-state index is 13.1. The lowest BCUT2D eigenvalue weighted by Gasteiger charge is -2.13. The van der Waals surface area contributed by atoms with Crippen LogP contribution in [0, 0.1) is 20.8 Å². The van der Waals surface area contributed by atoms with Crippen molar-refractivity contribution in [3.63, 3.8) is 0 Å². The van der Waals surface area contributed by atoms with Crippen molar-refractivity contribution in [2.24, 2.45) is 7.05 Å². The van der Waals surface area contributed by atoms with Gasteiger partial charge in [0.15, 0.2) is 5.11 Å². The fourth-order valence-corrected chi connectivity index (χ4v) is 4.04. The second-order valence-corrected chi connectivity index (χ2v) is 8.42. The van der Waals surface area contributed by atoms with Crippen LogP contribution < -0.4 is 19.7 Å². The third-order valence-electron chi connectivity index (χ3n) is 5.45. The standard InChI is InChI=1S/C25H26N4O3S/c1-15-6-7-16(2)23(10-15)32-14-19-11-18(8-9-22(19)31-5)12-20-24(30)29(25(33)26-20)21-13-28(4)27-17(21)3/h6-13H,14H2,1-5H3,(H,26,33)/b20-12+. The van der Waals surface area contributed by atoms with E-state index in [2.05, 4.69) is 16.5 Å². The van der Waals surface area contributed by atoms with Gasteiger partial charge >= 0.3 is 0 Å². The summed E-state index contributed by atoms with van der Waals surface area (Å²) in [7, 11) is 3.44. The van der Waals surface area contributed by atoms with Crippen molar-refractivity contribution in [1.82, 2.24) is 15.1 Å². The smallest absolute Gasteiger partial charge is 0.281 e. The van der Waals surface area contributed by atoms with Crippen LogP contribution in [0.1, 0.15) is 27.9 Å². The van der Waals surface area contributed by atoms with Gasteiger partial charge in [0, 0.05) is 18.8 Å². The van der Waals surface area contributed by atoms with Crippen LogP contribution in [0.15, 0.2) is 48.3 Å². The third-order valence-corrected chi connectivity index (χ3v) is 5.73. The number of nitrogens with one attached hydrogen (secondary N) is 1. The minimum Gasteiger partial charge on any atom is -0.496 e. The molecule has 1 aliphatic rings. The summed E-state index contributed by atoms with van der Waals surface area (Å²) >= 11 is 5.42. The highest BCUT2D eigenvalue weighted by molar-refractivity contribution is 7.80. The zero-order valence-electron chi connectivity index (χ0n) is 19.3. The first-order valence-electron chi connectivity index (χ1n) is 10.5. The first kappa shape index (κ1) is 22.5. The SMILES string of the molecule is COc1ccc(/C=C2/NC(=S)N(c3cn(C)nc3C)C2=O)cc1COc1cc(C)ccc1C. The van der Waals surface area contributed by atoms with Crippen LogP contribution in [0.25, 0.3) is 6.08 Å². The summed E-state index contributed by atoms with van der Waals surface area (Å²) in [6.07, 6.45) is 3.56. The Bertz CT molecular complexity index is 1280. The molecule has 1 saturated heterocycles. The molecule has 2 aromatic carbocycles. The lowest BCUT2D eigenvalue weighted by molar-refractivity contribution is -0.113. The van der Waals surface area contributed by atoms with Gasteiger partial charge < -0.3 is 14.8 Å². The summed E-state index contributed by atoms with van der Waals surface area (Å²) in [4.78, 5) is 14.6. The Hall–Kier alpha value is -3.65. The maximum Gasteiger partial charge on any atom is 0.281 e. The number of anilines is 1. The third kappa shape index (κ3) is 4.61. The van der Waals surface area contributed by atoms with Crippen molar-refractivity contribution in [2.75, 3.05) is 12.0 Å². The van der Waals surface area contributed by atoms with E-state index < -0.39 is 0 Å². The van der Waals surface area contributed by atoms with Crippen LogP contribution in [0.3, 0.4) is 0 Å². The summed E-state index contributed by atoms with van der Waals surface area (Å²) in [5, 5.41) is 7.66. The molecule has 8 heteroatoms. The molecule has 1 N–H and O–H groups in total. The molecule has 0 unspecified atom stereocenters. The highest BCUT2D eigenvalue weighted by Gasteiger charge is 2.33. The van der Waals surface area contributed by atoms with Crippen LogP contribution in [-0.4, -0.2) is 27.9 Å². The normalized spacial score (nSPS) is 14.7. The van der Waals surface area contributed by atoms with E-state index in [-0.39, 0.29) is 5.91 Å². The van der Waals surface area contributed by atoms with Gasteiger partial charge in [-0.3, -0.25) is 9.48 Å². The maximum absolute atomic E-state index is 13.1. The van der Waals surface area contributed by atoms with Crippen molar-refractivity contribution in [3.8, 4) is 11.5 Å². The van der Waals surface area contributed by atoms with E-state index in [1.54, 1.807) is 24.1 Å². The molecule has 170 valence electrons. The highest BCUT2D eigenvalue weighted by Crippen LogP contribution is 2.28. The number of carbonyl (C=O) groups is 1. The number of methoxy groups -OCH3 is 1. The van der Waals surface area contributed by atoms with Gasteiger partial charge in [-0.25, -0.2) is 4.90 Å². The van der Waals surface area contributed by atoms with E-state index in [1.807, 2.05) is 58.2 Å². The molecular formula is C25H26N4O3S. The zero-order chi connectivity index (χ0) is 23.7. The van der Waals surface area contributed by atoms with Crippen LogP contribution in [-0.2, 0) is 18.4 Å². The van der Waals surface area contributed by atoms with Crippen molar-refractivity contribution >= 4 is 35.0 Å². The van der Waals surface area contributed by atoms with Crippen LogP contribution in [0.4, 0.5) is 5.69 Å². The zero-order valence-corrected chi connectivity index (χ0v) is 20.1. The summed E-state index contributed by atoms with van der Waals surface area (Å²) in [5.74, 6) is 1.33. The molecule has 0 bridgehead atoms. The van der Waals surface area contributed by atoms with E-state index in [0.717, 1.165) is 39.4 Å². The van der Waals surface area contributed by atoms with Gasteiger partial charge in [-0.15, -0.1) is 0 Å². The summed E-state index contributed by atoms with van der Waals surface area (Å²) in [6.45, 7) is 6.23. The second-order valence-electron chi connectivity index (χ2n) is 8.03. The molecule has 7 nitrogen and oxygen atoms in total. The summed E-state index contributed by atoms with van der Waals surface area (Å²) < 4.78 is 13.3. The van der Waals surface area contributed by atoms with Gasteiger partial charge in [-0.05, 0) is 74.0 Å². The van der Waals surface area contributed by atoms with Crippen molar-refractivity contribution < 1.29 is 14.3 Å². The fourth-order valence-electron chi connectivity index (χ4n) is 3.75. The van der Waals surface area contributed by atoms with E-state index in [4.69, 9.17) is 21.7 Å². The number of hydrogen-bond acceptors (Lipinski definition) is 5. The largest absolute Gasteiger partial charge is 0.496 e. The number of carbonyl (C=O) groups excluding carboxylic acids is 1. The van der Waals surface area contributed by atoms with Gasteiger partial charge in [0.05, 0.1) is 18.5 Å². The van der Waals surface area contributed by atoms with Gasteiger partial charge in [0.1, 0.15) is 23.8 Å². The Kier molecular flexibility index (Phi) is 6.20. The van der Waals surface area contributed by atoms with Crippen molar-refractivity contribution in [1.29, 1.82) is 0 Å². The van der Waals surface area contributed by atoms with E-state index in [0.29, 0.717) is 23.1 Å². The van der Waals surface area contributed by atoms with Gasteiger partial charge in [0.25, 0.3) is 5.91 Å². The number of thiocarbonyl (C=S) groups is 1. The molecule has 0 radical (unpaired) electrons. The molecule has 0 atom stereocenters. The Morgan fingerprint density at radius 3 is 2.61 bits per heavy atom. The number of rotatable bonds is 6. The van der Waals surface area contributed by atoms with Crippen molar-refractivity contribution in [3.05, 3.63) is 76.2 Å². The van der Waals surface area contributed by atoms with Gasteiger partial charge in [-0.2, -0.15) is 5.10 Å². The fraction of sp³-hybridized carbons (Fsp3) is 0.240. The first-order valence-corrected chi connectivity index (χ1v) is 10.9. The number of aryl methyl sites for hydroxylation is 4. The first-order chi connectivity index (χ1) is 15.8. The second kappa shape index (κ2) is 9.07. The van der Waals surface area contributed by atoms with Crippen LogP contribution >= 0.6 is 12.2 Å². The molecule has 0 spiro atoms.